The van der Waals surface area contributed by atoms with Crippen LogP contribution in [-0.2, 0) is 14.4 Å². The lowest BCUT2D eigenvalue weighted by molar-refractivity contribution is -0.134. The van der Waals surface area contributed by atoms with Gasteiger partial charge in [0.2, 0.25) is 11.8 Å². The number of nitrogens with zero attached hydrogens (tertiary/aromatic N) is 1. The first kappa shape index (κ1) is 21.4. The standard InChI is InChI=1S/C21H26F2N2O4/c1-12(2)18(26)11-21(29)5-7-25(8-6-21)17-10-15(22)14(9-16(17)23)13-3-4-19(27)24-20(13)28/h9-10,12-13,29H,3-8,11H2,1-2H3,(H,24,27,28). The Hall–Kier alpha value is -2.35. The van der Waals surface area contributed by atoms with Gasteiger partial charge in [-0.1, -0.05) is 13.8 Å². The Morgan fingerprint density at radius 2 is 1.90 bits per heavy atom. The molecule has 3 rings (SSSR count). The van der Waals surface area contributed by atoms with Gasteiger partial charge < -0.3 is 10.0 Å². The summed E-state index contributed by atoms with van der Waals surface area (Å²) in [6.45, 7) is 4.14. The molecule has 2 N–H and O–H groups in total. The molecule has 1 aromatic carbocycles. The van der Waals surface area contributed by atoms with Crippen molar-refractivity contribution in [2.75, 3.05) is 18.0 Å². The highest BCUT2D eigenvalue weighted by molar-refractivity contribution is 6.01. The van der Waals surface area contributed by atoms with Gasteiger partial charge in [0, 0.05) is 43.5 Å². The second-order valence-corrected chi connectivity index (χ2v) is 8.34. The summed E-state index contributed by atoms with van der Waals surface area (Å²) < 4.78 is 29.5. The third-order valence-electron chi connectivity index (χ3n) is 5.86. The predicted octanol–water partition coefficient (Wildman–Crippen LogP) is 2.43. The van der Waals surface area contributed by atoms with Gasteiger partial charge in [-0.15, -0.1) is 0 Å². The van der Waals surface area contributed by atoms with Gasteiger partial charge in [0.25, 0.3) is 0 Å². The van der Waals surface area contributed by atoms with Crippen LogP contribution in [0.25, 0.3) is 0 Å². The maximum atomic E-state index is 14.8. The second kappa shape index (κ2) is 8.18. The summed E-state index contributed by atoms with van der Waals surface area (Å²) in [6.07, 6.45) is 0.840. The van der Waals surface area contributed by atoms with E-state index in [-0.39, 0.29) is 68.1 Å². The van der Waals surface area contributed by atoms with E-state index in [1.807, 2.05) is 0 Å². The van der Waals surface area contributed by atoms with Crippen LogP contribution in [0.1, 0.15) is 57.4 Å². The molecule has 0 spiro atoms. The van der Waals surface area contributed by atoms with Crippen LogP contribution in [0.4, 0.5) is 14.5 Å². The fraction of sp³-hybridized carbons (Fsp3) is 0.571. The van der Waals surface area contributed by atoms with Crippen molar-refractivity contribution in [1.82, 2.24) is 5.32 Å². The Kier molecular flexibility index (Phi) is 6.03. The van der Waals surface area contributed by atoms with Crippen molar-refractivity contribution in [2.45, 2.75) is 57.5 Å². The molecule has 0 aliphatic carbocycles. The Morgan fingerprint density at radius 3 is 2.48 bits per heavy atom. The molecular formula is C21H26F2N2O4. The highest BCUT2D eigenvalue weighted by Crippen LogP contribution is 2.35. The van der Waals surface area contributed by atoms with Crippen molar-refractivity contribution >= 4 is 23.3 Å². The number of halogens is 2. The molecule has 2 aliphatic rings. The number of benzene rings is 1. The van der Waals surface area contributed by atoms with Crippen molar-refractivity contribution in [3.8, 4) is 0 Å². The predicted molar refractivity (Wildman–Crippen MR) is 102 cm³/mol. The van der Waals surface area contributed by atoms with E-state index in [9.17, 15) is 28.3 Å². The van der Waals surface area contributed by atoms with Crippen LogP contribution < -0.4 is 10.2 Å². The van der Waals surface area contributed by atoms with Crippen LogP contribution in [0.5, 0.6) is 0 Å². The lowest BCUT2D eigenvalue weighted by Crippen LogP contribution is -2.46. The molecule has 1 atom stereocenters. The number of piperidine rings is 2. The van der Waals surface area contributed by atoms with Crippen LogP contribution in [0.3, 0.4) is 0 Å². The minimum Gasteiger partial charge on any atom is -0.389 e. The van der Waals surface area contributed by atoms with E-state index in [4.69, 9.17) is 0 Å². The van der Waals surface area contributed by atoms with E-state index >= 15 is 0 Å². The SMILES string of the molecule is CC(C)C(=O)CC1(O)CCN(c2cc(F)c(C3CCC(=O)NC3=O)cc2F)CC1. The van der Waals surface area contributed by atoms with E-state index in [0.29, 0.717) is 0 Å². The van der Waals surface area contributed by atoms with E-state index in [2.05, 4.69) is 5.32 Å². The van der Waals surface area contributed by atoms with Gasteiger partial charge in [-0.05, 0) is 25.3 Å². The van der Waals surface area contributed by atoms with Gasteiger partial charge in [0.05, 0.1) is 17.2 Å². The Labute approximate surface area is 168 Å². The number of imide groups is 1. The Morgan fingerprint density at radius 1 is 1.24 bits per heavy atom. The molecule has 0 aromatic heterocycles. The zero-order chi connectivity index (χ0) is 21.3. The van der Waals surface area contributed by atoms with Crippen LogP contribution in [-0.4, -0.2) is 41.4 Å². The van der Waals surface area contributed by atoms with Gasteiger partial charge in [-0.25, -0.2) is 8.78 Å². The number of ketones is 1. The van der Waals surface area contributed by atoms with Gasteiger partial charge in [0.1, 0.15) is 17.4 Å². The zero-order valence-electron chi connectivity index (χ0n) is 16.6. The van der Waals surface area contributed by atoms with Crippen molar-refractivity contribution in [3.05, 3.63) is 29.3 Å². The van der Waals surface area contributed by atoms with Crippen molar-refractivity contribution in [2.24, 2.45) is 5.92 Å². The number of hydrogen-bond acceptors (Lipinski definition) is 5. The maximum absolute atomic E-state index is 14.8. The number of amides is 2. The molecule has 2 fully saturated rings. The van der Waals surface area contributed by atoms with Gasteiger partial charge in [-0.3, -0.25) is 19.7 Å². The smallest absolute Gasteiger partial charge is 0.234 e. The molecule has 2 aliphatic heterocycles. The lowest BCUT2D eigenvalue weighted by Gasteiger charge is -2.39. The quantitative estimate of drug-likeness (QED) is 0.731. The molecule has 0 saturated carbocycles. The van der Waals surface area contributed by atoms with Crippen LogP contribution in [0, 0.1) is 17.6 Å². The highest BCUT2D eigenvalue weighted by Gasteiger charge is 2.36. The molecule has 29 heavy (non-hydrogen) atoms. The number of anilines is 1. The van der Waals surface area contributed by atoms with Crippen molar-refractivity contribution in [1.29, 1.82) is 0 Å². The monoisotopic (exact) mass is 408 g/mol. The fourth-order valence-corrected chi connectivity index (χ4v) is 3.92. The summed E-state index contributed by atoms with van der Waals surface area (Å²) in [4.78, 5) is 36.9. The molecule has 2 heterocycles. The first-order chi connectivity index (χ1) is 13.6. The number of aliphatic hydroxyl groups is 1. The molecule has 0 radical (unpaired) electrons. The normalized spacial score (nSPS) is 22.0. The summed E-state index contributed by atoms with van der Waals surface area (Å²) >= 11 is 0. The Balaban J connectivity index is 1.73. The number of carbonyl (C=O) groups is 3. The zero-order valence-corrected chi connectivity index (χ0v) is 16.6. The Bertz CT molecular complexity index is 832. The summed E-state index contributed by atoms with van der Waals surface area (Å²) in [7, 11) is 0. The van der Waals surface area contributed by atoms with Crippen LogP contribution in [0.15, 0.2) is 12.1 Å². The maximum Gasteiger partial charge on any atom is 0.234 e. The fourth-order valence-electron chi connectivity index (χ4n) is 3.92. The summed E-state index contributed by atoms with van der Waals surface area (Å²) in [6, 6.07) is 2.09. The molecule has 2 amide bonds. The van der Waals surface area contributed by atoms with Crippen molar-refractivity contribution < 1.29 is 28.3 Å². The number of rotatable bonds is 5. The minimum absolute atomic E-state index is 0.0215. The second-order valence-electron chi connectivity index (χ2n) is 8.34. The topological polar surface area (TPSA) is 86.7 Å². The molecule has 1 unspecified atom stereocenters. The summed E-state index contributed by atoms with van der Waals surface area (Å²) in [5.41, 5.74) is -1.12. The highest BCUT2D eigenvalue weighted by atomic mass is 19.1. The van der Waals surface area contributed by atoms with E-state index < -0.39 is 35.0 Å². The number of carbonyl (C=O) groups excluding carboxylic acids is 3. The molecule has 158 valence electrons. The van der Waals surface area contributed by atoms with Gasteiger partial charge in [0.15, 0.2) is 0 Å². The number of nitrogens with one attached hydrogen (secondary N) is 1. The number of hydrogen-bond donors (Lipinski definition) is 2. The molecule has 8 heteroatoms. The first-order valence-corrected chi connectivity index (χ1v) is 9.92. The molecule has 1 aromatic rings. The summed E-state index contributed by atoms with van der Waals surface area (Å²) in [5.74, 6) is -3.48. The molecule has 0 bridgehead atoms. The summed E-state index contributed by atoms with van der Waals surface area (Å²) in [5, 5.41) is 12.8. The van der Waals surface area contributed by atoms with E-state index in [0.717, 1.165) is 12.1 Å². The van der Waals surface area contributed by atoms with Gasteiger partial charge >= 0.3 is 0 Å². The van der Waals surface area contributed by atoms with E-state index in [1.54, 1.807) is 18.7 Å². The largest absolute Gasteiger partial charge is 0.389 e. The average molecular weight is 408 g/mol. The number of Topliss-reactive ketones (excluding diaryl/α,β-unsaturated/α-hetero) is 1. The molecular weight excluding hydrogens is 382 g/mol. The molecule has 2 saturated heterocycles. The van der Waals surface area contributed by atoms with Crippen molar-refractivity contribution in [3.63, 3.8) is 0 Å². The third kappa shape index (κ3) is 4.63. The molecule has 6 nitrogen and oxygen atoms in total. The van der Waals surface area contributed by atoms with E-state index in [1.165, 1.54) is 0 Å². The minimum atomic E-state index is -1.13. The average Bonchev–Trinajstić information content (AvgIpc) is 2.64. The van der Waals surface area contributed by atoms with Crippen LogP contribution in [0.2, 0.25) is 0 Å². The first-order valence-electron chi connectivity index (χ1n) is 9.92. The van der Waals surface area contributed by atoms with Gasteiger partial charge in [-0.2, -0.15) is 0 Å². The third-order valence-corrected chi connectivity index (χ3v) is 5.86. The van der Waals surface area contributed by atoms with Crippen LogP contribution >= 0.6 is 0 Å². The lowest BCUT2D eigenvalue weighted by atomic mass is 9.84.